The first-order valence-corrected chi connectivity index (χ1v) is 5.17. The van der Waals surface area contributed by atoms with E-state index in [-0.39, 0.29) is 5.75 Å². The topological polar surface area (TPSA) is 46.5 Å². The van der Waals surface area contributed by atoms with Crippen LogP contribution in [0.2, 0.25) is 0 Å². The molecule has 3 nitrogen and oxygen atoms in total. The van der Waals surface area contributed by atoms with Gasteiger partial charge in [0.05, 0.1) is 12.2 Å². The van der Waals surface area contributed by atoms with E-state index in [2.05, 4.69) is 0 Å². The number of hydrogen-bond acceptors (Lipinski definition) is 3. The molecule has 1 aliphatic carbocycles. The molecule has 1 aromatic carbocycles. The van der Waals surface area contributed by atoms with Crippen LogP contribution in [-0.2, 0) is 4.74 Å². The van der Waals surface area contributed by atoms with Crippen molar-refractivity contribution >= 4 is 6.29 Å². The van der Waals surface area contributed by atoms with E-state index in [1.807, 2.05) is 0 Å². The maximum Gasteiger partial charge on any atom is 0.150 e. The summed E-state index contributed by atoms with van der Waals surface area (Å²) < 4.78 is 5.25. The largest absolute Gasteiger partial charge is 0.508 e. The first kappa shape index (κ1) is 10.2. The molecule has 0 spiro atoms. The average molecular weight is 206 g/mol. The van der Waals surface area contributed by atoms with Crippen LogP contribution >= 0.6 is 0 Å². The summed E-state index contributed by atoms with van der Waals surface area (Å²) >= 11 is 0. The van der Waals surface area contributed by atoms with Gasteiger partial charge in [0.15, 0.2) is 0 Å². The Morgan fingerprint density at radius 3 is 2.33 bits per heavy atom. The Kier molecular flexibility index (Phi) is 3.02. The molecule has 1 N–H and O–H groups in total. The minimum Gasteiger partial charge on any atom is -0.508 e. The fraction of sp³-hybridized carbons (Fsp3) is 0.417. The summed E-state index contributed by atoms with van der Waals surface area (Å²) in [6.45, 7) is 0. The third kappa shape index (κ3) is 2.57. The lowest BCUT2D eigenvalue weighted by molar-refractivity contribution is -0.0647. The molecule has 1 aromatic rings. The highest BCUT2D eigenvalue weighted by Crippen LogP contribution is 2.36. The minimum atomic E-state index is 0.125. The summed E-state index contributed by atoms with van der Waals surface area (Å²) in [6.07, 6.45) is 6.11. The lowest BCUT2D eigenvalue weighted by Gasteiger charge is -2.23. The second-order valence-corrected chi connectivity index (χ2v) is 3.91. The van der Waals surface area contributed by atoms with Gasteiger partial charge in [-0.25, -0.2) is 0 Å². The molecule has 2 aliphatic heterocycles. The first-order valence-electron chi connectivity index (χ1n) is 5.17. The Balaban J connectivity index is 0.000000121. The zero-order valence-electron chi connectivity index (χ0n) is 8.43. The molecule has 3 aliphatic rings. The van der Waals surface area contributed by atoms with E-state index in [1.54, 1.807) is 12.1 Å². The van der Waals surface area contributed by atoms with Gasteiger partial charge in [0.1, 0.15) is 12.0 Å². The molecule has 15 heavy (non-hydrogen) atoms. The number of carbonyl (C=O) groups excluding carboxylic acids is 1. The first-order chi connectivity index (χ1) is 7.28. The normalized spacial score (nSPS) is 26.1. The number of benzene rings is 1. The third-order valence-electron chi connectivity index (χ3n) is 2.73. The molecule has 0 radical (unpaired) electrons. The standard InChI is InChI=1S/C7H6O2.C5H8O/c8-5-6-2-1-3-7(9)4-6;1-2-5-3-4(1)6-5/h1-5,9H;4-5H,1-3H2. The van der Waals surface area contributed by atoms with Crippen molar-refractivity contribution in [3.63, 3.8) is 0 Å². The smallest absolute Gasteiger partial charge is 0.150 e. The molecule has 0 amide bonds. The Morgan fingerprint density at radius 2 is 2.00 bits per heavy atom. The summed E-state index contributed by atoms with van der Waals surface area (Å²) in [5, 5.41) is 8.79. The van der Waals surface area contributed by atoms with Gasteiger partial charge < -0.3 is 9.84 Å². The Morgan fingerprint density at radius 1 is 1.33 bits per heavy atom. The zero-order valence-corrected chi connectivity index (χ0v) is 8.43. The van der Waals surface area contributed by atoms with Gasteiger partial charge in [0.25, 0.3) is 0 Å². The van der Waals surface area contributed by atoms with Gasteiger partial charge in [-0.05, 0) is 31.4 Å². The maximum absolute atomic E-state index is 10.0. The van der Waals surface area contributed by atoms with E-state index in [4.69, 9.17) is 9.84 Å². The van der Waals surface area contributed by atoms with E-state index in [9.17, 15) is 4.79 Å². The summed E-state index contributed by atoms with van der Waals surface area (Å²) in [6, 6.07) is 6.19. The van der Waals surface area contributed by atoms with Crippen LogP contribution in [0.3, 0.4) is 0 Å². The van der Waals surface area contributed by atoms with Crippen molar-refractivity contribution in [2.24, 2.45) is 0 Å². The van der Waals surface area contributed by atoms with Crippen molar-refractivity contribution in [3.05, 3.63) is 29.8 Å². The van der Waals surface area contributed by atoms with Gasteiger partial charge in [-0.15, -0.1) is 0 Å². The number of ether oxygens (including phenoxy) is 1. The lowest BCUT2D eigenvalue weighted by Crippen LogP contribution is -2.25. The average Bonchev–Trinajstić information content (AvgIpc) is 2.80. The third-order valence-corrected chi connectivity index (χ3v) is 2.73. The molecule has 2 bridgehead atoms. The Hall–Kier alpha value is -1.35. The van der Waals surface area contributed by atoms with Crippen molar-refractivity contribution in [3.8, 4) is 5.75 Å². The second-order valence-electron chi connectivity index (χ2n) is 3.91. The highest BCUT2D eigenvalue weighted by Gasteiger charge is 2.36. The quantitative estimate of drug-likeness (QED) is 0.716. The fourth-order valence-corrected chi connectivity index (χ4v) is 1.90. The van der Waals surface area contributed by atoms with Crippen molar-refractivity contribution in [2.45, 2.75) is 31.5 Å². The van der Waals surface area contributed by atoms with Crippen molar-refractivity contribution in [1.29, 1.82) is 0 Å². The van der Waals surface area contributed by atoms with Gasteiger partial charge in [0, 0.05) is 5.56 Å². The molecule has 80 valence electrons. The number of fused-ring (bicyclic) bond motifs is 1. The zero-order chi connectivity index (χ0) is 10.7. The SMILES string of the molecule is C1CC2CC1O2.O=Cc1cccc(O)c1. The van der Waals surface area contributed by atoms with Crippen LogP contribution < -0.4 is 0 Å². The van der Waals surface area contributed by atoms with Gasteiger partial charge >= 0.3 is 0 Å². The summed E-state index contributed by atoms with van der Waals surface area (Å²) in [7, 11) is 0. The predicted molar refractivity (Wildman–Crippen MR) is 56.0 cm³/mol. The number of carbonyl (C=O) groups is 1. The number of rotatable bonds is 1. The van der Waals surface area contributed by atoms with Crippen LogP contribution in [0.5, 0.6) is 5.75 Å². The lowest BCUT2D eigenvalue weighted by atomic mass is 10.2. The molecule has 2 heterocycles. The van der Waals surface area contributed by atoms with Crippen LogP contribution in [0, 0.1) is 0 Å². The van der Waals surface area contributed by atoms with E-state index in [0.717, 1.165) is 0 Å². The van der Waals surface area contributed by atoms with E-state index >= 15 is 0 Å². The minimum absolute atomic E-state index is 0.125. The van der Waals surface area contributed by atoms with Crippen LogP contribution in [0.1, 0.15) is 29.6 Å². The molecule has 4 rings (SSSR count). The second kappa shape index (κ2) is 4.45. The van der Waals surface area contributed by atoms with Crippen LogP contribution in [0.4, 0.5) is 0 Å². The van der Waals surface area contributed by atoms with Gasteiger partial charge in [-0.3, -0.25) is 4.79 Å². The Bertz CT molecular complexity index is 329. The van der Waals surface area contributed by atoms with Crippen molar-refractivity contribution in [1.82, 2.24) is 0 Å². The molecule has 2 atom stereocenters. The maximum atomic E-state index is 10.0. The molecule has 3 fully saturated rings. The molecule has 3 heteroatoms. The summed E-state index contributed by atoms with van der Waals surface area (Å²) in [5.41, 5.74) is 0.495. The number of aromatic hydroxyl groups is 1. The number of hydrogen-bond donors (Lipinski definition) is 1. The molecule has 0 aromatic heterocycles. The fourth-order valence-electron chi connectivity index (χ4n) is 1.90. The summed E-state index contributed by atoms with van der Waals surface area (Å²) in [4.78, 5) is 10.0. The molecule has 2 saturated heterocycles. The molecular formula is C12H14O3. The van der Waals surface area contributed by atoms with E-state index < -0.39 is 0 Å². The summed E-state index contributed by atoms with van der Waals surface area (Å²) in [5.74, 6) is 0.125. The highest BCUT2D eigenvalue weighted by atomic mass is 16.5. The molecule has 1 saturated carbocycles. The van der Waals surface area contributed by atoms with Crippen molar-refractivity contribution in [2.75, 3.05) is 0 Å². The van der Waals surface area contributed by atoms with E-state index in [1.165, 1.54) is 31.4 Å². The number of phenols is 1. The number of aldehydes is 1. The molecular weight excluding hydrogens is 192 g/mol. The van der Waals surface area contributed by atoms with Gasteiger partial charge in [-0.1, -0.05) is 12.1 Å². The van der Waals surface area contributed by atoms with Crippen LogP contribution in [-0.4, -0.2) is 23.6 Å². The number of phenolic OH excluding ortho intramolecular Hbond substituents is 1. The van der Waals surface area contributed by atoms with Crippen molar-refractivity contribution < 1.29 is 14.6 Å². The molecule has 2 unspecified atom stereocenters. The van der Waals surface area contributed by atoms with Crippen LogP contribution in [0.15, 0.2) is 24.3 Å². The Labute approximate surface area is 88.7 Å². The van der Waals surface area contributed by atoms with Gasteiger partial charge in [-0.2, -0.15) is 0 Å². The van der Waals surface area contributed by atoms with Crippen LogP contribution in [0.25, 0.3) is 0 Å². The monoisotopic (exact) mass is 206 g/mol. The van der Waals surface area contributed by atoms with Gasteiger partial charge in [0.2, 0.25) is 0 Å². The highest BCUT2D eigenvalue weighted by molar-refractivity contribution is 5.75. The van der Waals surface area contributed by atoms with E-state index in [0.29, 0.717) is 24.1 Å². The predicted octanol–water partition coefficient (Wildman–Crippen LogP) is 2.14.